The Labute approximate surface area is 164 Å². The lowest BCUT2D eigenvalue weighted by molar-refractivity contribution is 0.0734. The average molecular weight is 391 g/mol. The molecule has 7 nitrogen and oxygen atoms in total. The molecule has 0 saturated heterocycles. The molecular weight excluding hydrogens is 374 g/mol. The van der Waals surface area contributed by atoms with E-state index in [0.717, 1.165) is 6.42 Å². The number of nitrogens with zero attached hydrogens (tertiary/aromatic N) is 4. The summed E-state index contributed by atoms with van der Waals surface area (Å²) >= 11 is 1.35. The lowest BCUT2D eigenvalue weighted by Crippen LogP contribution is -2.36. The van der Waals surface area contributed by atoms with E-state index in [1.165, 1.54) is 27.1 Å². The largest absolute Gasteiger partial charge is 0.334 e. The number of thiophene rings is 1. The molecule has 1 N–H and O–H groups in total. The summed E-state index contributed by atoms with van der Waals surface area (Å²) in [5.74, 6) is 0.258. The molecule has 0 unspecified atom stereocenters. The third-order valence-corrected chi connectivity index (χ3v) is 6.06. The van der Waals surface area contributed by atoms with Crippen LogP contribution in [0.2, 0.25) is 0 Å². The summed E-state index contributed by atoms with van der Waals surface area (Å²) in [5, 5.41) is 6.15. The minimum atomic E-state index is -0.203. The van der Waals surface area contributed by atoms with E-state index in [2.05, 4.69) is 27.2 Å². The van der Waals surface area contributed by atoms with Crippen molar-refractivity contribution in [2.45, 2.75) is 19.9 Å². The fourth-order valence-electron chi connectivity index (χ4n) is 3.63. The highest BCUT2D eigenvalue weighted by Crippen LogP contribution is 2.22. The zero-order chi connectivity index (χ0) is 19.3. The molecule has 0 bridgehead atoms. The predicted molar refractivity (Wildman–Crippen MR) is 107 cm³/mol. The maximum absolute atomic E-state index is 13.1. The average Bonchev–Trinajstić information content (AvgIpc) is 3.34. The molecule has 28 heavy (non-hydrogen) atoms. The number of H-pyrrole nitrogens is 1. The van der Waals surface area contributed by atoms with Crippen LogP contribution in [-0.2, 0) is 13.0 Å². The van der Waals surface area contributed by atoms with Crippen LogP contribution in [0.5, 0.6) is 0 Å². The first-order valence-corrected chi connectivity index (χ1v) is 9.88. The molecule has 0 spiro atoms. The van der Waals surface area contributed by atoms with Gasteiger partial charge < -0.3 is 4.90 Å². The van der Waals surface area contributed by atoms with E-state index in [9.17, 15) is 9.59 Å². The fraction of sp³-hybridized carbons (Fsp3) is 0.200. The second kappa shape index (κ2) is 6.42. The van der Waals surface area contributed by atoms with Gasteiger partial charge in [0.15, 0.2) is 0 Å². The van der Waals surface area contributed by atoms with Crippen molar-refractivity contribution in [3.8, 4) is 5.95 Å². The van der Waals surface area contributed by atoms with E-state index in [-0.39, 0.29) is 11.5 Å². The van der Waals surface area contributed by atoms with Crippen LogP contribution in [0, 0.1) is 6.92 Å². The van der Waals surface area contributed by atoms with E-state index >= 15 is 0 Å². The quantitative estimate of drug-likeness (QED) is 0.569. The zero-order valence-corrected chi connectivity index (χ0v) is 16.0. The Morgan fingerprint density at radius 1 is 1.21 bits per heavy atom. The summed E-state index contributed by atoms with van der Waals surface area (Å²) < 4.78 is 2.10. The van der Waals surface area contributed by atoms with Gasteiger partial charge >= 0.3 is 0 Å². The topological polar surface area (TPSA) is 83.9 Å². The van der Waals surface area contributed by atoms with Crippen molar-refractivity contribution in [2.75, 3.05) is 6.54 Å². The smallest absolute Gasteiger partial charge is 0.270 e. The molecule has 1 amide bonds. The van der Waals surface area contributed by atoms with E-state index in [0.29, 0.717) is 40.5 Å². The molecule has 0 atom stereocenters. The van der Waals surface area contributed by atoms with Crippen LogP contribution < -0.4 is 5.56 Å². The van der Waals surface area contributed by atoms with Gasteiger partial charge in [0.25, 0.3) is 11.5 Å². The summed E-state index contributed by atoms with van der Waals surface area (Å²) in [6, 6.07) is 10.0. The van der Waals surface area contributed by atoms with E-state index in [4.69, 9.17) is 0 Å². The van der Waals surface area contributed by atoms with Gasteiger partial charge in [-0.05, 0) is 35.9 Å². The van der Waals surface area contributed by atoms with Gasteiger partial charge in [0.05, 0.1) is 23.0 Å². The van der Waals surface area contributed by atoms with Crippen LogP contribution in [0.25, 0.3) is 16.2 Å². The number of carbonyl (C=O) groups excluding carboxylic acids is 1. The number of hydrogen-bond acceptors (Lipinski definition) is 5. The zero-order valence-electron chi connectivity index (χ0n) is 15.2. The number of rotatable bonds is 2. The molecule has 3 aromatic heterocycles. The van der Waals surface area contributed by atoms with Crippen molar-refractivity contribution in [1.82, 2.24) is 24.6 Å². The van der Waals surface area contributed by atoms with Crippen molar-refractivity contribution < 1.29 is 4.79 Å². The first-order valence-electron chi connectivity index (χ1n) is 9.00. The SMILES string of the molecule is Cc1c(C(=O)N2CCc3ccccc3C2)cnn1-c1nc2ccsc2c(=O)[nH]1. The number of aromatic amines is 1. The molecule has 8 heteroatoms. The Morgan fingerprint density at radius 3 is 2.89 bits per heavy atom. The van der Waals surface area contributed by atoms with Crippen LogP contribution in [0.4, 0.5) is 0 Å². The van der Waals surface area contributed by atoms with Crippen molar-refractivity contribution in [3.05, 3.63) is 74.6 Å². The minimum Gasteiger partial charge on any atom is -0.334 e. The third-order valence-electron chi connectivity index (χ3n) is 5.16. The third kappa shape index (κ3) is 2.65. The first-order chi connectivity index (χ1) is 13.6. The Bertz CT molecular complexity index is 1270. The van der Waals surface area contributed by atoms with Gasteiger partial charge in [0, 0.05) is 13.1 Å². The van der Waals surface area contributed by atoms with Crippen LogP contribution >= 0.6 is 11.3 Å². The maximum Gasteiger partial charge on any atom is 0.270 e. The number of nitrogens with one attached hydrogen (secondary N) is 1. The number of fused-ring (bicyclic) bond motifs is 2. The lowest BCUT2D eigenvalue weighted by Gasteiger charge is -2.28. The van der Waals surface area contributed by atoms with Crippen molar-refractivity contribution in [1.29, 1.82) is 0 Å². The number of benzene rings is 1. The number of amides is 1. The molecule has 4 heterocycles. The first kappa shape index (κ1) is 16.9. The van der Waals surface area contributed by atoms with E-state index in [1.807, 2.05) is 29.3 Å². The number of carbonyl (C=O) groups is 1. The molecule has 0 aliphatic carbocycles. The molecule has 0 radical (unpaired) electrons. The molecule has 140 valence electrons. The van der Waals surface area contributed by atoms with E-state index < -0.39 is 0 Å². The number of aromatic nitrogens is 4. The van der Waals surface area contributed by atoms with Gasteiger partial charge in [-0.3, -0.25) is 14.6 Å². The van der Waals surface area contributed by atoms with Crippen LogP contribution in [0.15, 0.2) is 46.7 Å². The van der Waals surface area contributed by atoms with Gasteiger partial charge in [-0.1, -0.05) is 24.3 Å². The Morgan fingerprint density at radius 2 is 2.04 bits per heavy atom. The standard InChI is InChI=1S/C20H17N5O2S/c1-12-15(19(27)24-8-6-13-4-2-3-5-14(13)11-24)10-21-25(12)20-22-16-7-9-28-17(16)18(26)23-20/h2-5,7,9-10H,6,8,11H2,1H3,(H,22,23,26). The van der Waals surface area contributed by atoms with Crippen LogP contribution in [-0.4, -0.2) is 37.1 Å². The fourth-order valence-corrected chi connectivity index (χ4v) is 4.36. The summed E-state index contributed by atoms with van der Waals surface area (Å²) in [5.41, 5.74) is 4.07. The Balaban J connectivity index is 1.48. The number of hydrogen-bond donors (Lipinski definition) is 1. The van der Waals surface area contributed by atoms with E-state index in [1.54, 1.807) is 12.3 Å². The van der Waals surface area contributed by atoms with Crippen molar-refractivity contribution in [3.63, 3.8) is 0 Å². The normalized spacial score (nSPS) is 13.7. The highest BCUT2D eigenvalue weighted by molar-refractivity contribution is 7.17. The molecule has 1 aromatic carbocycles. The minimum absolute atomic E-state index is 0.0581. The molecule has 0 fully saturated rings. The summed E-state index contributed by atoms with van der Waals surface area (Å²) in [6.45, 7) is 3.09. The summed E-state index contributed by atoms with van der Waals surface area (Å²) in [4.78, 5) is 34.4. The monoisotopic (exact) mass is 391 g/mol. The molecule has 0 saturated carbocycles. The predicted octanol–water partition coefficient (Wildman–Crippen LogP) is 2.68. The molecule has 1 aliphatic heterocycles. The molecular formula is C20H17N5O2S. The van der Waals surface area contributed by atoms with Gasteiger partial charge in [0.1, 0.15) is 4.70 Å². The van der Waals surface area contributed by atoms with Crippen molar-refractivity contribution in [2.24, 2.45) is 0 Å². The molecule has 1 aliphatic rings. The summed E-state index contributed by atoms with van der Waals surface area (Å²) in [6.07, 6.45) is 2.40. The van der Waals surface area contributed by atoms with Crippen molar-refractivity contribution >= 4 is 27.5 Å². The van der Waals surface area contributed by atoms with Crippen LogP contribution in [0.3, 0.4) is 0 Å². The van der Waals surface area contributed by atoms with Gasteiger partial charge in [0.2, 0.25) is 5.95 Å². The lowest BCUT2D eigenvalue weighted by atomic mass is 9.99. The Hall–Kier alpha value is -3.26. The summed E-state index contributed by atoms with van der Waals surface area (Å²) in [7, 11) is 0. The highest BCUT2D eigenvalue weighted by Gasteiger charge is 2.25. The molecule has 5 rings (SSSR count). The maximum atomic E-state index is 13.1. The van der Waals surface area contributed by atoms with Gasteiger partial charge in [-0.15, -0.1) is 11.3 Å². The molecule has 4 aromatic rings. The van der Waals surface area contributed by atoms with Gasteiger partial charge in [-0.25, -0.2) is 9.67 Å². The highest BCUT2D eigenvalue weighted by atomic mass is 32.1. The second-order valence-corrected chi connectivity index (χ2v) is 7.74. The Kier molecular flexibility index (Phi) is 3.87. The second-order valence-electron chi connectivity index (χ2n) is 6.83. The van der Waals surface area contributed by atoms with Crippen LogP contribution in [0.1, 0.15) is 27.2 Å². The van der Waals surface area contributed by atoms with Gasteiger partial charge in [-0.2, -0.15) is 5.10 Å².